The highest BCUT2D eigenvalue weighted by atomic mass is 35.5. The Balaban J connectivity index is 2.07. The van der Waals surface area contributed by atoms with Gasteiger partial charge >= 0.3 is 0 Å². The van der Waals surface area contributed by atoms with Crippen LogP contribution in [0.15, 0.2) is 46.7 Å². The van der Waals surface area contributed by atoms with Crippen LogP contribution in [-0.4, -0.2) is 26.3 Å². The van der Waals surface area contributed by atoms with Gasteiger partial charge in [-0.15, -0.1) is 22.9 Å². The number of likely N-dealkylation sites (N-methyl/N-ethyl adjacent to an activating group) is 1. The average Bonchev–Trinajstić information content (AvgIpc) is 2.98. The summed E-state index contributed by atoms with van der Waals surface area (Å²) in [5, 5.41) is 1.99. The highest BCUT2D eigenvalue weighted by molar-refractivity contribution is 7.89. The zero-order valence-electron chi connectivity index (χ0n) is 11.1. The van der Waals surface area contributed by atoms with Gasteiger partial charge in [0.2, 0.25) is 10.0 Å². The summed E-state index contributed by atoms with van der Waals surface area (Å²) in [6.07, 6.45) is 0.729. The molecule has 2 rings (SSSR count). The van der Waals surface area contributed by atoms with Crippen LogP contribution in [0.1, 0.15) is 10.4 Å². The molecular weight excluding hydrogens is 314 g/mol. The first-order valence-corrected chi connectivity index (χ1v) is 9.03. The topological polar surface area (TPSA) is 37.4 Å². The van der Waals surface area contributed by atoms with Gasteiger partial charge in [0.15, 0.2) is 0 Å². The Labute approximate surface area is 128 Å². The molecule has 0 radical (unpaired) electrons. The Bertz CT molecular complexity index is 636. The molecular formula is C14H16ClNO2S2. The number of hydrogen-bond acceptors (Lipinski definition) is 3. The number of benzene rings is 1. The lowest BCUT2D eigenvalue weighted by molar-refractivity contribution is 0.473. The third-order valence-electron chi connectivity index (χ3n) is 3.04. The normalized spacial score (nSPS) is 11.9. The lowest BCUT2D eigenvalue weighted by Crippen LogP contribution is -2.28. The van der Waals surface area contributed by atoms with Gasteiger partial charge in [0.1, 0.15) is 0 Å². The number of halogens is 1. The summed E-state index contributed by atoms with van der Waals surface area (Å²) in [7, 11) is -1.81. The van der Waals surface area contributed by atoms with Gasteiger partial charge in [0.25, 0.3) is 0 Å². The Hall–Kier alpha value is -0.880. The lowest BCUT2D eigenvalue weighted by Gasteiger charge is -2.17. The van der Waals surface area contributed by atoms with Crippen molar-refractivity contribution in [2.75, 3.05) is 13.6 Å². The summed E-state index contributed by atoms with van der Waals surface area (Å²) in [6, 6.07) is 10.7. The number of rotatable bonds is 6. The predicted octanol–water partition coefficient (Wildman–Crippen LogP) is 3.35. The minimum Gasteiger partial charge on any atom is -0.207 e. The molecule has 0 N–H and O–H groups in total. The highest BCUT2D eigenvalue weighted by Gasteiger charge is 2.20. The van der Waals surface area contributed by atoms with Gasteiger partial charge in [-0.2, -0.15) is 0 Å². The molecule has 0 saturated carbocycles. The van der Waals surface area contributed by atoms with Crippen LogP contribution in [0.4, 0.5) is 0 Å². The Morgan fingerprint density at radius 3 is 2.45 bits per heavy atom. The Kier molecular flexibility index (Phi) is 5.21. The van der Waals surface area contributed by atoms with Crippen LogP contribution in [0.25, 0.3) is 0 Å². The molecule has 3 nitrogen and oxygen atoms in total. The predicted molar refractivity (Wildman–Crippen MR) is 83.8 cm³/mol. The lowest BCUT2D eigenvalue weighted by atomic mass is 10.2. The summed E-state index contributed by atoms with van der Waals surface area (Å²) in [5.74, 6) is 0.383. The van der Waals surface area contributed by atoms with Crippen molar-refractivity contribution in [2.24, 2.45) is 0 Å². The molecule has 0 saturated heterocycles. The second-order valence-electron chi connectivity index (χ2n) is 4.43. The molecule has 0 aliphatic heterocycles. The third kappa shape index (κ3) is 3.61. The van der Waals surface area contributed by atoms with Crippen molar-refractivity contribution in [3.05, 3.63) is 52.2 Å². The Morgan fingerprint density at radius 1 is 1.20 bits per heavy atom. The van der Waals surface area contributed by atoms with Gasteiger partial charge in [-0.3, -0.25) is 0 Å². The summed E-state index contributed by atoms with van der Waals surface area (Å²) < 4.78 is 26.2. The molecule has 0 spiro atoms. The van der Waals surface area contributed by atoms with Gasteiger partial charge in [0.05, 0.1) is 4.90 Å². The van der Waals surface area contributed by atoms with Gasteiger partial charge in [-0.1, -0.05) is 18.2 Å². The maximum absolute atomic E-state index is 12.4. The molecule has 0 fully saturated rings. The van der Waals surface area contributed by atoms with E-state index in [0.29, 0.717) is 17.3 Å². The molecule has 0 unspecified atom stereocenters. The third-order valence-corrected chi connectivity index (χ3v) is 6.15. The largest absolute Gasteiger partial charge is 0.242 e. The first-order valence-electron chi connectivity index (χ1n) is 6.17. The molecule has 2 aromatic rings. The quantitative estimate of drug-likeness (QED) is 0.762. The van der Waals surface area contributed by atoms with Crippen molar-refractivity contribution in [3.8, 4) is 0 Å². The average molecular weight is 330 g/mol. The van der Waals surface area contributed by atoms with E-state index in [2.05, 4.69) is 0 Å². The number of alkyl halides is 1. The maximum atomic E-state index is 12.4. The summed E-state index contributed by atoms with van der Waals surface area (Å²) in [6.45, 7) is 0.472. The fraction of sp³-hybridized carbons (Fsp3) is 0.286. The van der Waals surface area contributed by atoms with Crippen molar-refractivity contribution >= 4 is 33.0 Å². The van der Waals surface area contributed by atoms with Crippen LogP contribution in [0, 0.1) is 0 Å². The molecule has 0 aliphatic carbocycles. The van der Waals surface area contributed by atoms with E-state index in [0.717, 1.165) is 12.0 Å². The van der Waals surface area contributed by atoms with Crippen LogP contribution in [0.3, 0.4) is 0 Å². The van der Waals surface area contributed by atoms with E-state index in [1.54, 1.807) is 42.6 Å². The standard InChI is InChI=1S/C14H16ClNO2S2/c1-16(9-8-13-3-2-10-19-13)20(17,18)14-6-4-12(11-15)5-7-14/h2-7,10H,8-9,11H2,1H3. The summed E-state index contributed by atoms with van der Waals surface area (Å²) >= 11 is 7.34. The fourth-order valence-electron chi connectivity index (χ4n) is 1.77. The van der Waals surface area contributed by atoms with Crippen LogP contribution in [0.5, 0.6) is 0 Å². The fourth-order valence-corrected chi connectivity index (χ4v) is 3.82. The van der Waals surface area contributed by atoms with E-state index >= 15 is 0 Å². The summed E-state index contributed by atoms with van der Waals surface area (Å²) in [5.41, 5.74) is 0.909. The van der Waals surface area contributed by atoms with E-state index in [-0.39, 0.29) is 0 Å². The second-order valence-corrected chi connectivity index (χ2v) is 7.78. The molecule has 20 heavy (non-hydrogen) atoms. The van der Waals surface area contributed by atoms with Crippen molar-refractivity contribution < 1.29 is 8.42 Å². The first-order chi connectivity index (χ1) is 9.54. The Morgan fingerprint density at radius 2 is 1.90 bits per heavy atom. The molecule has 1 heterocycles. The zero-order valence-corrected chi connectivity index (χ0v) is 13.5. The second kappa shape index (κ2) is 6.72. The number of thiophene rings is 1. The highest BCUT2D eigenvalue weighted by Crippen LogP contribution is 2.17. The number of hydrogen-bond donors (Lipinski definition) is 0. The minimum atomic E-state index is -3.42. The summed E-state index contributed by atoms with van der Waals surface area (Å²) in [4.78, 5) is 1.49. The molecule has 1 aromatic heterocycles. The monoisotopic (exact) mass is 329 g/mol. The van der Waals surface area contributed by atoms with Crippen molar-refractivity contribution in [1.29, 1.82) is 0 Å². The van der Waals surface area contributed by atoms with E-state index in [4.69, 9.17) is 11.6 Å². The van der Waals surface area contributed by atoms with Crippen LogP contribution in [0.2, 0.25) is 0 Å². The van der Waals surface area contributed by atoms with Crippen molar-refractivity contribution in [2.45, 2.75) is 17.2 Å². The SMILES string of the molecule is CN(CCc1cccs1)S(=O)(=O)c1ccc(CCl)cc1. The van der Waals surface area contributed by atoms with Gasteiger partial charge in [-0.25, -0.2) is 12.7 Å². The van der Waals surface area contributed by atoms with Gasteiger partial charge in [-0.05, 0) is 35.6 Å². The molecule has 1 aromatic carbocycles. The molecule has 108 valence electrons. The van der Waals surface area contributed by atoms with E-state index in [1.165, 1.54) is 9.18 Å². The first kappa shape index (κ1) is 15.5. The van der Waals surface area contributed by atoms with E-state index in [1.807, 2.05) is 17.5 Å². The van der Waals surface area contributed by atoms with E-state index in [9.17, 15) is 8.42 Å². The van der Waals surface area contributed by atoms with Gasteiger partial charge < -0.3 is 0 Å². The smallest absolute Gasteiger partial charge is 0.207 e. The molecule has 0 atom stereocenters. The number of sulfonamides is 1. The van der Waals surface area contributed by atoms with Crippen LogP contribution >= 0.6 is 22.9 Å². The maximum Gasteiger partial charge on any atom is 0.242 e. The van der Waals surface area contributed by atoms with Gasteiger partial charge in [0, 0.05) is 24.3 Å². The van der Waals surface area contributed by atoms with Crippen molar-refractivity contribution in [1.82, 2.24) is 4.31 Å². The molecule has 0 bridgehead atoms. The van der Waals surface area contributed by atoms with Crippen LogP contribution < -0.4 is 0 Å². The minimum absolute atomic E-state index is 0.306. The van der Waals surface area contributed by atoms with Crippen LogP contribution in [-0.2, 0) is 22.3 Å². The molecule has 0 aliphatic rings. The molecule has 0 amide bonds. The molecule has 6 heteroatoms. The number of nitrogens with zero attached hydrogens (tertiary/aromatic N) is 1. The van der Waals surface area contributed by atoms with E-state index < -0.39 is 10.0 Å². The zero-order chi connectivity index (χ0) is 14.6. The van der Waals surface area contributed by atoms with Crippen molar-refractivity contribution in [3.63, 3.8) is 0 Å².